The van der Waals surface area contributed by atoms with Crippen LogP contribution in [0.4, 0.5) is 11.6 Å². The molecule has 0 unspecified atom stereocenters. The second-order valence-corrected chi connectivity index (χ2v) is 6.52. The zero-order valence-corrected chi connectivity index (χ0v) is 14.1. The van der Waals surface area contributed by atoms with Gasteiger partial charge >= 0.3 is 0 Å². The minimum absolute atomic E-state index is 0.417. The van der Waals surface area contributed by atoms with E-state index in [1.165, 1.54) is 12.8 Å². The number of methoxy groups -OCH3 is 1. The Bertz CT molecular complexity index is 696. The summed E-state index contributed by atoms with van der Waals surface area (Å²) < 4.78 is 5.10. The summed E-state index contributed by atoms with van der Waals surface area (Å²) in [6.07, 6.45) is 4.30. The number of hydrogen-bond acceptors (Lipinski definition) is 7. The molecule has 7 heteroatoms. The highest BCUT2D eigenvalue weighted by Crippen LogP contribution is 2.38. The summed E-state index contributed by atoms with van der Waals surface area (Å²) in [6, 6.07) is 6.57. The van der Waals surface area contributed by atoms with Gasteiger partial charge in [0.05, 0.1) is 11.7 Å². The summed E-state index contributed by atoms with van der Waals surface area (Å²) in [4.78, 5) is 13.2. The molecule has 7 nitrogen and oxygen atoms in total. The molecule has 126 valence electrons. The van der Waals surface area contributed by atoms with Crippen molar-refractivity contribution in [1.82, 2.24) is 20.2 Å². The van der Waals surface area contributed by atoms with E-state index in [1.807, 2.05) is 6.07 Å². The highest BCUT2D eigenvalue weighted by atomic mass is 16.5. The summed E-state index contributed by atoms with van der Waals surface area (Å²) in [5, 5.41) is 8.75. The standard InChI is InChI=1S/C17H22N6O/c1-22(16-7-8-18-15(19-16)11-24-2)13-9-23(10-13)17-6-5-14(20-21-17)12-3-4-12/h5-8,12-13H,3-4,9-11H2,1-2H3. The highest BCUT2D eigenvalue weighted by Gasteiger charge is 2.32. The predicted octanol–water partition coefficient (Wildman–Crippen LogP) is 1.62. The van der Waals surface area contributed by atoms with E-state index in [-0.39, 0.29) is 0 Å². The van der Waals surface area contributed by atoms with Gasteiger partial charge in [0, 0.05) is 39.4 Å². The first-order valence-corrected chi connectivity index (χ1v) is 8.37. The van der Waals surface area contributed by atoms with Crippen molar-refractivity contribution < 1.29 is 4.74 Å². The molecular weight excluding hydrogens is 304 g/mol. The first kappa shape index (κ1) is 15.3. The fraction of sp³-hybridized carbons (Fsp3) is 0.529. The summed E-state index contributed by atoms with van der Waals surface area (Å²) in [6.45, 7) is 2.29. The Morgan fingerprint density at radius 3 is 2.71 bits per heavy atom. The van der Waals surface area contributed by atoms with Crippen molar-refractivity contribution in [3.8, 4) is 0 Å². The Morgan fingerprint density at radius 2 is 2.04 bits per heavy atom. The van der Waals surface area contributed by atoms with Gasteiger partial charge in [-0.25, -0.2) is 9.97 Å². The van der Waals surface area contributed by atoms with Gasteiger partial charge in [0.1, 0.15) is 12.4 Å². The van der Waals surface area contributed by atoms with Gasteiger partial charge in [0.2, 0.25) is 0 Å². The van der Waals surface area contributed by atoms with E-state index in [4.69, 9.17) is 4.74 Å². The first-order valence-electron chi connectivity index (χ1n) is 8.37. The van der Waals surface area contributed by atoms with Gasteiger partial charge in [0.25, 0.3) is 0 Å². The van der Waals surface area contributed by atoms with Crippen LogP contribution in [0.3, 0.4) is 0 Å². The molecule has 0 N–H and O–H groups in total. The third-order valence-corrected chi connectivity index (χ3v) is 4.73. The minimum Gasteiger partial charge on any atom is -0.377 e. The zero-order valence-electron chi connectivity index (χ0n) is 14.1. The molecule has 3 heterocycles. The number of ether oxygens (including phenoxy) is 1. The van der Waals surface area contributed by atoms with Gasteiger partial charge in [-0.2, -0.15) is 5.10 Å². The maximum absolute atomic E-state index is 5.10. The van der Waals surface area contributed by atoms with Crippen LogP contribution in [0.15, 0.2) is 24.4 Å². The monoisotopic (exact) mass is 326 g/mol. The molecular formula is C17H22N6O. The van der Waals surface area contributed by atoms with E-state index in [9.17, 15) is 0 Å². The van der Waals surface area contributed by atoms with Gasteiger partial charge in [-0.15, -0.1) is 5.10 Å². The summed E-state index contributed by atoms with van der Waals surface area (Å²) in [5.74, 6) is 3.25. The highest BCUT2D eigenvalue weighted by molar-refractivity contribution is 5.47. The van der Waals surface area contributed by atoms with Crippen LogP contribution in [0.25, 0.3) is 0 Å². The average Bonchev–Trinajstić information content (AvgIpc) is 3.40. The van der Waals surface area contributed by atoms with Crippen LogP contribution in [0.2, 0.25) is 0 Å². The fourth-order valence-electron chi connectivity index (χ4n) is 2.96. The molecule has 24 heavy (non-hydrogen) atoms. The zero-order chi connectivity index (χ0) is 16.5. The molecule has 2 aliphatic rings. The molecule has 2 fully saturated rings. The van der Waals surface area contributed by atoms with E-state index >= 15 is 0 Å². The quantitative estimate of drug-likeness (QED) is 0.799. The van der Waals surface area contributed by atoms with Gasteiger partial charge in [-0.1, -0.05) is 0 Å². The summed E-state index contributed by atoms with van der Waals surface area (Å²) in [5.41, 5.74) is 1.14. The summed E-state index contributed by atoms with van der Waals surface area (Å²) >= 11 is 0. The Kier molecular flexibility index (Phi) is 4.02. The Hall–Kier alpha value is -2.28. The smallest absolute Gasteiger partial charge is 0.156 e. The minimum atomic E-state index is 0.417. The lowest BCUT2D eigenvalue weighted by Gasteiger charge is -2.44. The molecule has 4 rings (SSSR count). The maximum atomic E-state index is 5.10. The van der Waals surface area contributed by atoms with E-state index in [2.05, 4.69) is 49.1 Å². The number of anilines is 2. The first-order chi connectivity index (χ1) is 11.7. The molecule has 1 saturated carbocycles. The van der Waals surface area contributed by atoms with Crippen molar-refractivity contribution in [1.29, 1.82) is 0 Å². The van der Waals surface area contributed by atoms with E-state index in [0.717, 1.165) is 30.4 Å². The molecule has 0 radical (unpaired) electrons. The number of hydrogen-bond donors (Lipinski definition) is 0. The van der Waals surface area contributed by atoms with Crippen LogP contribution < -0.4 is 9.80 Å². The summed E-state index contributed by atoms with van der Waals surface area (Å²) in [7, 11) is 3.72. The molecule has 1 saturated heterocycles. The van der Waals surface area contributed by atoms with Crippen molar-refractivity contribution in [2.75, 3.05) is 37.0 Å². The Morgan fingerprint density at radius 1 is 1.21 bits per heavy atom. The molecule has 0 aromatic carbocycles. The lowest BCUT2D eigenvalue weighted by atomic mass is 10.1. The number of rotatable bonds is 6. The van der Waals surface area contributed by atoms with Crippen LogP contribution in [-0.2, 0) is 11.3 Å². The molecule has 0 bridgehead atoms. The van der Waals surface area contributed by atoms with Gasteiger partial charge in [0.15, 0.2) is 11.6 Å². The van der Waals surface area contributed by atoms with Crippen LogP contribution in [-0.4, -0.2) is 53.5 Å². The van der Waals surface area contributed by atoms with Crippen LogP contribution >= 0.6 is 0 Å². The lowest BCUT2D eigenvalue weighted by Crippen LogP contribution is -2.59. The van der Waals surface area contributed by atoms with Crippen LogP contribution in [0.1, 0.15) is 30.3 Å². The largest absolute Gasteiger partial charge is 0.377 e. The second kappa shape index (κ2) is 6.32. The Balaban J connectivity index is 1.36. The fourth-order valence-corrected chi connectivity index (χ4v) is 2.96. The topological polar surface area (TPSA) is 67.3 Å². The van der Waals surface area contributed by atoms with Crippen molar-refractivity contribution in [3.63, 3.8) is 0 Å². The third kappa shape index (κ3) is 3.03. The normalized spacial score (nSPS) is 17.7. The SMILES string of the molecule is COCc1nccc(N(C)C2CN(c3ccc(C4CC4)nn3)C2)n1. The van der Waals surface area contributed by atoms with Crippen molar-refractivity contribution in [3.05, 3.63) is 35.9 Å². The van der Waals surface area contributed by atoms with Gasteiger partial charge < -0.3 is 14.5 Å². The molecule has 2 aromatic rings. The van der Waals surface area contributed by atoms with E-state index in [0.29, 0.717) is 24.4 Å². The van der Waals surface area contributed by atoms with E-state index in [1.54, 1.807) is 13.3 Å². The van der Waals surface area contributed by atoms with Gasteiger partial charge in [-0.3, -0.25) is 0 Å². The molecule has 1 aliphatic heterocycles. The van der Waals surface area contributed by atoms with Crippen molar-refractivity contribution in [2.45, 2.75) is 31.4 Å². The number of nitrogens with zero attached hydrogens (tertiary/aromatic N) is 6. The van der Waals surface area contributed by atoms with Crippen molar-refractivity contribution >= 4 is 11.6 Å². The van der Waals surface area contributed by atoms with Crippen LogP contribution in [0, 0.1) is 0 Å². The maximum Gasteiger partial charge on any atom is 0.156 e. The Labute approximate surface area is 141 Å². The van der Waals surface area contributed by atoms with Crippen molar-refractivity contribution in [2.24, 2.45) is 0 Å². The molecule has 2 aromatic heterocycles. The molecule has 0 amide bonds. The number of aromatic nitrogens is 4. The second-order valence-electron chi connectivity index (χ2n) is 6.52. The number of likely N-dealkylation sites (N-methyl/N-ethyl adjacent to an activating group) is 1. The molecule has 0 spiro atoms. The molecule has 1 aliphatic carbocycles. The third-order valence-electron chi connectivity index (χ3n) is 4.73. The van der Waals surface area contributed by atoms with Gasteiger partial charge in [-0.05, 0) is 31.0 Å². The van der Waals surface area contributed by atoms with E-state index < -0.39 is 0 Å². The van der Waals surface area contributed by atoms with Crippen LogP contribution in [0.5, 0.6) is 0 Å². The lowest BCUT2D eigenvalue weighted by molar-refractivity contribution is 0.178. The predicted molar refractivity (Wildman–Crippen MR) is 91.2 cm³/mol. The molecule has 0 atom stereocenters. The average molecular weight is 326 g/mol.